The maximum absolute atomic E-state index is 12.1. The molecule has 26 heavy (non-hydrogen) atoms. The number of amides is 1. The summed E-state index contributed by atoms with van der Waals surface area (Å²) in [4.78, 5) is 12.0. The van der Waals surface area contributed by atoms with Crippen LogP contribution in [0.2, 0.25) is 0 Å². The quantitative estimate of drug-likeness (QED) is 0.656. The van der Waals surface area contributed by atoms with Crippen LogP contribution in [0.4, 0.5) is 0 Å². The second kappa shape index (κ2) is 9.35. The smallest absolute Gasteiger partial charge is 0.257 e. The number of sulfonamides is 1. The van der Waals surface area contributed by atoms with Gasteiger partial charge in [-0.25, -0.2) is 13.1 Å². The lowest BCUT2D eigenvalue weighted by molar-refractivity contribution is -0.123. The molecule has 0 aliphatic heterocycles. The zero-order valence-electron chi connectivity index (χ0n) is 15.0. The SMILES string of the molecule is CCc1ccc(OCC(=O)NCCNS(=O)(=O)c2ccc(C)cc2)cc1. The van der Waals surface area contributed by atoms with E-state index >= 15 is 0 Å². The first-order valence-corrected chi connectivity index (χ1v) is 9.94. The van der Waals surface area contributed by atoms with Gasteiger partial charge in [-0.2, -0.15) is 0 Å². The van der Waals surface area contributed by atoms with E-state index in [1.54, 1.807) is 24.3 Å². The molecular weight excluding hydrogens is 352 g/mol. The molecule has 0 heterocycles. The van der Waals surface area contributed by atoms with Crippen LogP contribution in [0.5, 0.6) is 5.75 Å². The standard InChI is InChI=1S/C19H24N2O4S/c1-3-16-6-8-17(9-7-16)25-14-19(22)20-12-13-21-26(23,24)18-10-4-15(2)5-11-18/h4-11,21H,3,12-14H2,1-2H3,(H,20,22). The summed E-state index contributed by atoms with van der Waals surface area (Å²) in [7, 11) is -3.57. The van der Waals surface area contributed by atoms with Gasteiger partial charge in [-0.1, -0.05) is 36.8 Å². The average molecular weight is 376 g/mol. The molecule has 0 radical (unpaired) electrons. The Bertz CT molecular complexity index is 816. The van der Waals surface area contributed by atoms with Crippen molar-refractivity contribution in [2.24, 2.45) is 0 Å². The van der Waals surface area contributed by atoms with E-state index in [1.807, 2.05) is 31.2 Å². The Morgan fingerprint density at radius 2 is 1.65 bits per heavy atom. The van der Waals surface area contributed by atoms with E-state index in [0.29, 0.717) is 5.75 Å². The molecule has 2 aromatic carbocycles. The molecule has 0 saturated carbocycles. The molecule has 2 rings (SSSR count). The third kappa shape index (κ3) is 6.16. The van der Waals surface area contributed by atoms with Crippen molar-refractivity contribution in [2.75, 3.05) is 19.7 Å². The Morgan fingerprint density at radius 3 is 2.27 bits per heavy atom. The van der Waals surface area contributed by atoms with Crippen molar-refractivity contribution in [3.05, 3.63) is 59.7 Å². The fourth-order valence-corrected chi connectivity index (χ4v) is 3.24. The van der Waals surface area contributed by atoms with Gasteiger partial charge in [0.15, 0.2) is 6.61 Å². The Labute approximate surface area is 154 Å². The van der Waals surface area contributed by atoms with Gasteiger partial charge in [0, 0.05) is 13.1 Å². The highest BCUT2D eigenvalue weighted by molar-refractivity contribution is 7.89. The highest BCUT2D eigenvalue weighted by Crippen LogP contribution is 2.12. The number of benzene rings is 2. The van der Waals surface area contributed by atoms with Gasteiger partial charge in [-0.3, -0.25) is 4.79 Å². The average Bonchev–Trinajstić information content (AvgIpc) is 2.64. The van der Waals surface area contributed by atoms with Gasteiger partial charge in [0.1, 0.15) is 5.75 Å². The van der Waals surface area contributed by atoms with E-state index in [1.165, 1.54) is 5.56 Å². The Morgan fingerprint density at radius 1 is 1.00 bits per heavy atom. The first kappa shape index (κ1) is 19.9. The second-order valence-electron chi connectivity index (χ2n) is 5.85. The molecule has 2 aromatic rings. The molecule has 7 heteroatoms. The zero-order chi connectivity index (χ0) is 19.0. The Hall–Kier alpha value is -2.38. The monoisotopic (exact) mass is 376 g/mol. The van der Waals surface area contributed by atoms with Crippen LogP contribution in [0.3, 0.4) is 0 Å². The molecular formula is C19H24N2O4S. The van der Waals surface area contributed by atoms with Gasteiger partial charge in [0.2, 0.25) is 10.0 Å². The fourth-order valence-electron chi connectivity index (χ4n) is 2.21. The highest BCUT2D eigenvalue weighted by atomic mass is 32.2. The molecule has 0 fully saturated rings. The molecule has 1 amide bonds. The summed E-state index contributed by atoms with van der Waals surface area (Å²) in [5.41, 5.74) is 2.18. The predicted molar refractivity (Wildman–Crippen MR) is 101 cm³/mol. The summed E-state index contributed by atoms with van der Waals surface area (Å²) in [5, 5.41) is 2.62. The van der Waals surface area contributed by atoms with Crippen LogP contribution in [0.25, 0.3) is 0 Å². The van der Waals surface area contributed by atoms with Crippen molar-refractivity contribution in [3.63, 3.8) is 0 Å². The molecule has 0 aromatic heterocycles. The van der Waals surface area contributed by atoms with Crippen LogP contribution in [0.1, 0.15) is 18.1 Å². The third-order valence-corrected chi connectivity index (χ3v) is 5.25. The molecule has 0 spiro atoms. The lowest BCUT2D eigenvalue weighted by Crippen LogP contribution is -2.36. The van der Waals surface area contributed by atoms with Crippen molar-refractivity contribution in [1.82, 2.24) is 10.0 Å². The first-order chi connectivity index (χ1) is 12.4. The number of hydrogen-bond donors (Lipinski definition) is 2. The summed E-state index contributed by atoms with van der Waals surface area (Å²) in [6.07, 6.45) is 0.944. The number of hydrogen-bond acceptors (Lipinski definition) is 4. The molecule has 0 aliphatic rings. The summed E-state index contributed by atoms with van der Waals surface area (Å²) in [6, 6.07) is 14.1. The first-order valence-electron chi connectivity index (χ1n) is 8.45. The van der Waals surface area contributed by atoms with Crippen LogP contribution in [0, 0.1) is 6.92 Å². The highest BCUT2D eigenvalue weighted by Gasteiger charge is 2.12. The van der Waals surface area contributed by atoms with Gasteiger partial charge in [-0.05, 0) is 43.2 Å². The van der Waals surface area contributed by atoms with Crippen molar-refractivity contribution in [3.8, 4) is 5.75 Å². The number of ether oxygens (including phenoxy) is 1. The van der Waals surface area contributed by atoms with Crippen LogP contribution < -0.4 is 14.8 Å². The minimum absolute atomic E-state index is 0.104. The van der Waals surface area contributed by atoms with Gasteiger partial charge >= 0.3 is 0 Å². The van der Waals surface area contributed by atoms with E-state index in [4.69, 9.17) is 4.74 Å². The maximum atomic E-state index is 12.1. The fraction of sp³-hybridized carbons (Fsp3) is 0.316. The van der Waals surface area contributed by atoms with E-state index in [9.17, 15) is 13.2 Å². The van der Waals surface area contributed by atoms with E-state index in [-0.39, 0.29) is 30.5 Å². The minimum Gasteiger partial charge on any atom is -0.484 e. The molecule has 0 saturated heterocycles. The van der Waals surface area contributed by atoms with Gasteiger partial charge in [0.05, 0.1) is 4.90 Å². The van der Waals surface area contributed by atoms with Crippen molar-refractivity contribution in [1.29, 1.82) is 0 Å². The number of carbonyl (C=O) groups excluding carboxylic acids is 1. The van der Waals surface area contributed by atoms with Gasteiger partial charge < -0.3 is 10.1 Å². The molecule has 0 unspecified atom stereocenters. The summed E-state index contributed by atoms with van der Waals surface area (Å²) >= 11 is 0. The molecule has 0 bridgehead atoms. The molecule has 140 valence electrons. The lowest BCUT2D eigenvalue weighted by Gasteiger charge is -2.09. The van der Waals surface area contributed by atoms with Gasteiger partial charge in [-0.15, -0.1) is 0 Å². The molecule has 0 atom stereocenters. The topological polar surface area (TPSA) is 84.5 Å². The van der Waals surface area contributed by atoms with Crippen LogP contribution in [-0.2, 0) is 21.2 Å². The Kier molecular flexibility index (Phi) is 7.17. The number of carbonyl (C=O) groups is 1. The number of rotatable bonds is 9. The normalized spacial score (nSPS) is 11.2. The predicted octanol–water partition coefficient (Wildman–Crippen LogP) is 2.03. The van der Waals surface area contributed by atoms with Crippen LogP contribution in [-0.4, -0.2) is 34.0 Å². The minimum atomic E-state index is -3.57. The van der Waals surface area contributed by atoms with E-state index < -0.39 is 10.0 Å². The molecule has 6 nitrogen and oxygen atoms in total. The van der Waals surface area contributed by atoms with E-state index in [0.717, 1.165) is 12.0 Å². The van der Waals surface area contributed by atoms with Crippen LogP contribution >= 0.6 is 0 Å². The van der Waals surface area contributed by atoms with Crippen molar-refractivity contribution in [2.45, 2.75) is 25.2 Å². The Balaban J connectivity index is 1.70. The number of nitrogens with one attached hydrogen (secondary N) is 2. The van der Waals surface area contributed by atoms with Crippen LogP contribution in [0.15, 0.2) is 53.4 Å². The largest absolute Gasteiger partial charge is 0.484 e. The molecule has 2 N–H and O–H groups in total. The summed E-state index contributed by atoms with van der Waals surface area (Å²) < 4.78 is 32.1. The maximum Gasteiger partial charge on any atom is 0.257 e. The lowest BCUT2D eigenvalue weighted by atomic mass is 10.2. The van der Waals surface area contributed by atoms with Gasteiger partial charge in [0.25, 0.3) is 5.91 Å². The van der Waals surface area contributed by atoms with E-state index in [2.05, 4.69) is 17.0 Å². The van der Waals surface area contributed by atoms with Crippen molar-refractivity contribution < 1.29 is 17.9 Å². The summed E-state index contributed by atoms with van der Waals surface area (Å²) in [6.45, 7) is 4.13. The molecule has 0 aliphatic carbocycles. The second-order valence-corrected chi connectivity index (χ2v) is 7.61. The van der Waals surface area contributed by atoms with Crippen molar-refractivity contribution >= 4 is 15.9 Å². The third-order valence-electron chi connectivity index (χ3n) is 3.77. The summed E-state index contributed by atoms with van der Waals surface area (Å²) in [5.74, 6) is 0.316. The number of aryl methyl sites for hydroxylation is 2. The zero-order valence-corrected chi connectivity index (χ0v) is 15.8.